The molecule has 1 amide bonds. The molecule has 19 heavy (non-hydrogen) atoms. The lowest BCUT2D eigenvalue weighted by molar-refractivity contribution is -0.126. The largest absolute Gasteiger partial charge is 0.492 e. The predicted molar refractivity (Wildman–Crippen MR) is 77.9 cm³/mol. The molecule has 5 heteroatoms. The maximum absolute atomic E-state index is 12.0. The van der Waals surface area contributed by atoms with Crippen LogP contribution in [0.5, 0.6) is 5.75 Å². The number of hydrogen-bond acceptors (Lipinski definition) is 3. The van der Waals surface area contributed by atoms with E-state index in [-0.39, 0.29) is 24.2 Å². The molecule has 1 heterocycles. The van der Waals surface area contributed by atoms with Gasteiger partial charge in [0.1, 0.15) is 12.4 Å². The Labute approximate surface area is 120 Å². The van der Waals surface area contributed by atoms with E-state index in [0.29, 0.717) is 6.61 Å². The van der Waals surface area contributed by atoms with Crippen molar-refractivity contribution in [1.29, 1.82) is 0 Å². The molecule has 0 saturated heterocycles. The highest BCUT2D eigenvalue weighted by Gasteiger charge is 2.25. The fourth-order valence-electron chi connectivity index (χ4n) is 2.12. The van der Waals surface area contributed by atoms with E-state index >= 15 is 0 Å². The second-order valence-electron chi connectivity index (χ2n) is 4.57. The molecule has 1 atom stereocenters. The van der Waals surface area contributed by atoms with Gasteiger partial charge in [-0.25, -0.2) is 0 Å². The smallest absolute Gasteiger partial charge is 0.226 e. The van der Waals surface area contributed by atoms with E-state index in [2.05, 4.69) is 10.6 Å². The summed E-state index contributed by atoms with van der Waals surface area (Å²) in [6.45, 7) is 2.12. The van der Waals surface area contributed by atoms with Gasteiger partial charge in [0.2, 0.25) is 5.91 Å². The monoisotopic (exact) mass is 284 g/mol. The van der Waals surface area contributed by atoms with E-state index in [1.54, 1.807) is 0 Å². The number of para-hydroxylation sites is 1. The Morgan fingerprint density at radius 3 is 2.95 bits per heavy atom. The van der Waals surface area contributed by atoms with Crippen LogP contribution in [-0.2, 0) is 11.2 Å². The highest BCUT2D eigenvalue weighted by molar-refractivity contribution is 5.85. The van der Waals surface area contributed by atoms with Crippen molar-refractivity contribution in [2.45, 2.75) is 12.8 Å². The van der Waals surface area contributed by atoms with Crippen LogP contribution in [0.3, 0.4) is 0 Å². The van der Waals surface area contributed by atoms with E-state index < -0.39 is 0 Å². The van der Waals surface area contributed by atoms with Gasteiger partial charge in [-0.2, -0.15) is 0 Å². The fourth-order valence-corrected chi connectivity index (χ4v) is 2.12. The Hall–Kier alpha value is -1.26. The number of carbonyl (C=O) groups excluding carboxylic acids is 1. The van der Waals surface area contributed by atoms with Gasteiger partial charge in [-0.05, 0) is 38.1 Å². The first-order valence-electron chi connectivity index (χ1n) is 6.44. The van der Waals surface area contributed by atoms with Gasteiger partial charge >= 0.3 is 0 Å². The van der Waals surface area contributed by atoms with E-state index in [9.17, 15) is 4.79 Å². The third-order valence-electron chi connectivity index (χ3n) is 3.15. The van der Waals surface area contributed by atoms with Gasteiger partial charge in [0.15, 0.2) is 0 Å². The summed E-state index contributed by atoms with van der Waals surface area (Å²) >= 11 is 0. The van der Waals surface area contributed by atoms with Crippen molar-refractivity contribution in [3.05, 3.63) is 29.8 Å². The van der Waals surface area contributed by atoms with Crippen LogP contribution in [0.1, 0.15) is 12.0 Å². The lowest BCUT2D eigenvalue weighted by atomic mass is 9.96. The summed E-state index contributed by atoms with van der Waals surface area (Å²) in [6, 6.07) is 7.92. The topological polar surface area (TPSA) is 50.4 Å². The van der Waals surface area contributed by atoms with E-state index in [4.69, 9.17) is 4.74 Å². The molecule has 106 valence electrons. The van der Waals surface area contributed by atoms with E-state index in [1.165, 1.54) is 0 Å². The van der Waals surface area contributed by atoms with Crippen LogP contribution < -0.4 is 15.4 Å². The Morgan fingerprint density at radius 1 is 1.37 bits per heavy atom. The third-order valence-corrected chi connectivity index (χ3v) is 3.15. The van der Waals surface area contributed by atoms with Crippen molar-refractivity contribution in [2.75, 3.05) is 26.7 Å². The van der Waals surface area contributed by atoms with Crippen LogP contribution in [0.4, 0.5) is 0 Å². The Kier molecular flexibility index (Phi) is 6.67. The molecule has 0 spiro atoms. The molecule has 1 aliphatic heterocycles. The minimum atomic E-state index is -0.0607. The van der Waals surface area contributed by atoms with Crippen molar-refractivity contribution >= 4 is 18.3 Å². The maximum Gasteiger partial charge on any atom is 0.226 e. The molecule has 2 rings (SSSR count). The molecule has 1 unspecified atom stereocenters. The lowest BCUT2D eigenvalue weighted by Gasteiger charge is -2.24. The summed E-state index contributed by atoms with van der Waals surface area (Å²) in [6.07, 6.45) is 1.72. The third kappa shape index (κ3) is 4.40. The normalized spacial score (nSPS) is 16.8. The molecule has 2 N–H and O–H groups in total. The van der Waals surface area contributed by atoms with Gasteiger partial charge in [0, 0.05) is 6.54 Å². The van der Waals surface area contributed by atoms with Gasteiger partial charge in [0.25, 0.3) is 0 Å². The van der Waals surface area contributed by atoms with Gasteiger partial charge in [0.05, 0.1) is 5.92 Å². The standard InChI is InChI=1S/C14H20N2O2.ClH/c1-15-7-4-8-16-14(17)12-9-11-5-2-3-6-13(11)18-10-12;/h2-3,5-6,12,15H,4,7-10H2,1H3,(H,16,17);1H. The molecule has 0 bridgehead atoms. The lowest BCUT2D eigenvalue weighted by Crippen LogP contribution is -2.38. The Morgan fingerprint density at radius 2 is 2.16 bits per heavy atom. The molecule has 4 nitrogen and oxygen atoms in total. The van der Waals surface area contributed by atoms with Crippen LogP contribution in [0.2, 0.25) is 0 Å². The summed E-state index contributed by atoms with van der Waals surface area (Å²) in [4.78, 5) is 12.0. The Bertz CT molecular complexity index is 412. The molecule has 1 aromatic carbocycles. The summed E-state index contributed by atoms with van der Waals surface area (Å²) in [5, 5.41) is 6.02. The average Bonchev–Trinajstić information content (AvgIpc) is 2.43. The van der Waals surface area contributed by atoms with Crippen molar-refractivity contribution in [3.8, 4) is 5.75 Å². The van der Waals surface area contributed by atoms with Crippen molar-refractivity contribution in [2.24, 2.45) is 5.92 Å². The van der Waals surface area contributed by atoms with Crippen LogP contribution in [0, 0.1) is 5.92 Å². The number of fused-ring (bicyclic) bond motifs is 1. The Balaban J connectivity index is 0.00000180. The van der Waals surface area contributed by atoms with Crippen molar-refractivity contribution in [1.82, 2.24) is 10.6 Å². The number of halogens is 1. The van der Waals surface area contributed by atoms with Crippen molar-refractivity contribution < 1.29 is 9.53 Å². The zero-order chi connectivity index (χ0) is 12.8. The van der Waals surface area contributed by atoms with Crippen LogP contribution in [0.25, 0.3) is 0 Å². The van der Waals surface area contributed by atoms with Gasteiger partial charge in [-0.1, -0.05) is 18.2 Å². The average molecular weight is 285 g/mol. The zero-order valence-electron chi connectivity index (χ0n) is 11.1. The quantitative estimate of drug-likeness (QED) is 0.804. The molecular weight excluding hydrogens is 264 g/mol. The van der Waals surface area contributed by atoms with Gasteiger partial charge in [-0.15, -0.1) is 12.4 Å². The summed E-state index contributed by atoms with van der Waals surface area (Å²) < 4.78 is 5.61. The zero-order valence-corrected chi connectivity index (χ0v) is 12.0. The van der Waals surface area contributed by atoms with E-state index in [0.717, 1.165) is 37.2 Å². The minimum Gasteiger partial charge on any atom is -0.492 e. The summed E-state index contributed by atoms with van der Waals surface area (Å²) in [7, 11) is 1.91. The maximum atomic E-state index is 12.0. The number of rotatable bonds is 5. The van der Waals surface area contributed by atoms with E-state index in [1.807, 2.05) is 31.3 Å². The number of amides is 1. The number of ether oxygens (including phenoxy) is 1. The number of hydrogen-bond donors (Lipinski definition) is 2. The van der Waals surface area contributed by atoms with Gasteiger partial charge in [-0.3, -0.25) is 4.79 Å². The molecule has 0 saturated carbocycles. The summed E-state index contributed by atoms with van der Waals surface area (Å²) in [5.74, 6) is 0.951. The first-order chi connectivity index (χ1) is 8.81. The first-order valence-corrected chi connectivity index (χ1v) is 6.44. The molecule has 0 fully saturated rings. The fraction of sp³-hybridized carbons (Fsp3) is 0.500. The number of benzene rings is 1. The summed E-state index contributed by atoms with van der Waals surface area (Å²) in [5.41, 5.74) is 1.12. The SMILES string of the molecule is CNCCCNC(=O)C1COc2ccccc2C1.Cl. The number of nitrogens with one attached hydrogen (secondary N) is 2. The predicted octanol–water partition coefficient (Wildman–Crippen LogP) is 1.39. The van der Waals surface area contributed by atoms with Crippen LogP contribution in [-0.4, -0.2) is 32.7 Å². The molecule has 0 aromatic heterocycles. The number of carbonyl (C=O) groups is 1. The van der Waals surface area contributed by atoms with Crippen molar-refractivity contribution in [3.63, 3.8) is 0 Å². The molecule has 0 radical (unpaired) electrons. The van der Waals surface area contributed by atoms with Crippen LogP contribution in [0.15, 0.2) is 24.3 Å². The van der Waals surface area contributed by atoms with Gasteiger partial charge < -0.3 is 15.4 Å². The first kappa shape index (κ1) is 15.8. The highest BCUT2D eigenvalue weighted by atomic mass is 35.5. The minimum absolute atomic E-state index is 0. The highest BCUT2D eigenvalue weighted by Crippen LogP contribution is 2.26. The second-order valence-corrected chi connectivity index (χ2v) is 4.57. The second kappa shape index (κ2) is 8.02. The van der Waals surface area contributed by atoms with Crippen LogP contribution >= 0.6 is 12.4 Å². The molecule has 1 aromatic rings. The molecule has 0 aliphatic carbocycles. The molecular formula is C14H21ClN2O2. The molecule has 1 aliphatic rings.